The number of carbonyl (C=O) groups excluding carboxylic acids is 1. The van der Waals surface area contributed by atoms with Gasteiger partial charge >= 0.3 is 0 Å². The van der Waals surface area contributed by atoms with E-state index in [4.69, 9.17) is 10.5 Å². The third kappa shape index (κ3) is 4.17. The number of nitrogens with zero attached hydrogens (tertiary/aromatic N) is 1. The van der Waals surface area contributed by atoms with Gasteiger partial charge in [0, 0.05) is 17.6 Å². The summed E-state index contributed by atoms with van der Waals surface area (Å²) < 4.78 is 19.5. The number of ether oxygens (including phenoxy) is 1. The molecule has 4 nitrogen and oxygen atoms in total. The predicted molar refractivity (Wildman–Crippen MR) is 82.6 cm³/mol. The molecular formula is C15H20BrFN2O2. The zero-order chi connectivity index (χ0) is 15.5. The summed E-state index contributed by atoms with van der Waals surface area (Å²) in [5.74, 6) is -0.238. The highest BCUT2D eigenvalue weighted by Crippen LogP contribution is 2.28. The second-order valence-electron chi connectivity index (χ2n) is 5.75. The van der Waals surface area contributed by atoms with Crippen molar-refractivity contribution in [1.29, 1.82) is 0 Å². The normalized spacial score (nSPS) is 21.6. The Balaban J connectivity index is 1.80. The van der Waals surface area contributed by atoms with Gasteiger partial charge in [0.2, 0.25) is 5.91 Å². The van der Waals surface area contributed by atoms with Gasteiger partial charge in [0.25, 0.3) is 0 Å². The van der Waals surface area contributed by atoms with Crippen LogP contribution in [0.15, 0.2) is 22.7 Å². The summed E-state index contributed by atoms with van der Waals surface area (Å²) in [5.41, 5.74) is 5.75. The number of nitrogens with two attached hydrogens (primary N) is 1. The van der Waals surface area contributed by atoms with Crippen LogP contribution in [0, 0.1) is 11.2 Å². The molecule has 0 spiro atoms. The van der Waals surface area contributed by atoms with Crippen molar-refractivity contribution in [1.82, 2.24) is 4.90 Å². The molecule has 2 rings (SSSR count). The molecule has 0 bridgehead atoms. The summed E-state index contributed by atoms with van der Waals surface area (Å²) in [6.45, 7) is 4.27. The van der Waals surface area contributed by atoms with Crippen LogP contribution in [0.1, 0.15) is 19.8 Å². The van der Waals surface area contributed by atoms with E-state index in [1.807, 2.05) is 4.90 Å². The van der Waals surface area contributed by atoms with Gasteiger partial charge in [-0.3, -0.25) is 4.79 Å². The monoisotopic (exact) mass is 358 g/mol. The zero-order valence-electron chi connectivity index (χ0n) is 12.1. The first-order valence-electron chi connectivity index (χ1n) is 6.99. The van der Waals surface area contributed by atoms with Gasteiger partial charge in [-0.1, -0.05) is 22.9 Å². The molecule has 116 valence electrons. The number of carbonyl (C=O) groups is 1. The standard InChI is InChI=1S/C15H20BrFN2O2/c1-15(9-18)5-6-19(10-15)14(20)4-7-21-13-3-2-11(16)8-12(13)17/h2-3,8H,4-7,9-10,18H2,1H3. The van der Waals surface area contributed by atoms with E-state index < -0.39 is 5.82 Å². The largest absolute Gasteiger partial charge is 0.490 e. The lowest BCUT2D eigenvalue weighted by molar-refractivity contribution is -0.131. The van der Waals surface area contributed by atoms with Crippen molar-refractivity contribution in [2.75, 3.05) is 26.2 Å². The molecule has 0 saturated carbocycles. The van der Waals surface area contributed by atoms with Gasteiger partial charge in [0.15, 0.2) is 11.6 Å². The fourth-order valence-electron chi connectivity index (χ4n) is 2.40. The molecule has 1 aliphatic heterocycles. The predicted octanol–water partition coefficient (Wildman–Crippen LogP) is 2.55. The second kappa shape index (κ2) is 6.75. The van der Waals surface area contributed by atoms with Crippen molar-refractivity contribution < 1.29 is 13.9 Å². The molecule has 1 aromatic rings. The quantitative estimate of drug-likeness (QED) is 0.879. The molecule has 21 heavy (non-hydrogen) atoms. The average molecular weight is 359 g/mol. The molecule has 0 aliphatic carbocycles. The number of hydrogen-bond acceptors (Lipinski definition) is 3. The van der Waals surface area contributed by atoms with Crippen molar-refractivity contribution in [3.05, 3.63) is 28.5 Å². The Hall–Kier alpha value is -1.14. The van der Waals surface area contributed by atoms with Gasteiger partial charge in [-0.05, 0) is 36.6 Å². The Morgan fingerprint density at radius 2 is 2.33 bits per heavy atom. The van der Waals surface area contributed by atoms with Crippen molar-refractivity contribution >= 4 is 21.8 Å². The van der Waals surface area contributed by atoms with Gasteiger partial charge in [-0.25, -0.2) is 4.39 Å². The van der Waals surface area contributed by atoms with E-state index >= 15 is 0 Å². The Bertz CT molecular complexity index is 526. The fourth-order valence-corrected chi connectivity index (χ4v) is 2.74. The second-order valence-corrected chi connectivity index (χ2v) is 6.67. The van der Waals surface area contributed by atoms with Crippen molar-refractivity contribution in [2.45, 2.75) is 19.8 Å². The summed E-state index contributed by atoms with van der Waals surface area (Å²) in [5, 5.41) is 0. The van der Waals surface area contributed by atoms with Crippen LogP contribution in [-0.2, 0) is 4.79 Å². The minimum Gasteiger partial charge on any atom is -0.490 e. The van der Waals surface area contributed by atoms with Crippen LogP contribution in [0.5, 0.6) is 5.75 Å². The molecule has 0 radical (unpaired) electrons. The third-order valence-corrected chi connectivity index (χ3v) is 4.36. The smallest absolute Gasteiger partial charge is 0.226 e. The molecule has 1 atom stereocenters. The SMILES string of the molecule is CC1(CN)CCN(C(=O)CCOc2ccc(Br)cc2F)C1. The first-order valence-corrected chi connectivity index (χ1v) is 7.78. The van der Waals surface area contributed by atoms with E-state index in [0.717, 1.165) is 13.0 Å². The molecule has 1 heterocycles. The molecule has 1 fully saturated rings. The minimum atomic E-state index is -0.436. The van der Waals surface area contributed by atoms with E-state index in [1.54, 1.807) is 12.1 Å². The van der Waals surface area contributed by atoms with Crippen LogP contribution >= 0.6 is 15.9 Å². The summed E-state index contributed by atoms with van der Waals surface area (Å²) in [4.78, 5) is 13.9. The van der Waals surface area contributed by atoms with Gasteiger partial charge in [0.1, 0.15) is 0 Å². The summed E-state index contributed by atoms with van der Waals surface area (Å²) in [6, 6.07) is 4.59. The first-order chi connectivity index (χ1) is 9.93. The first kappa shape index (κ1) is 16.2. The summed E-state index contributed by atoms with van der Waals surface area (Å²) in [7, 11) is 0. The van der Waals surface area contributed by atoms with E-state index in [9.17, 15) is 9.18 Å². The van der Waals surface area contributed by atoms with E-state index in [0.29, 0.717) is 17.6 Å². The molecule has 1 aromatic carbocycles. The lowest BCUT2D eigenvalue weighted by Crippen LogP contribution is -2.35. The molecule has 6 heteroatoms. The van der Waals surface area contributed by atoms with E-state index in [1.165, 1.54) is 6.07 Å². The van der Waals surface area contributed by atoms with Crippen LogP contribution in [-0.4, -0.2) is 37.0 Å². The maximum absolute atomic E-state index is 13.6. The highest BCUT2D eigenvalue weighted by Gasteiger charge is 2.34. The molecule has 1 aliphatic rings. The number of amides is 1. The summed E-state index contributed by atoms with van der Waals surface area (Å²) in [6.07, 6.45) is 1.17. The number of rotatable bonds is 5. The highest BCUT2D eigenvalue weighted by molar-refractivity contribution is 9.10. The van der Waals surface area contributed by atoms with E-state index in [-0.39, 0.29) is 30.1 Å². The van der Waals surface area contributed by atoms with Crippen molar-refractivity contribution in [2.24, 2.45) is 11.1 Å². The van der Waals surface area contributed by atoms with Gasteiger partial charge < -0.3 is 15.4 Å². The number of halogens is 2. The molecule has 2 N–H and O–H groups in total. The van der Waals surface area contributed by atoms with Crippen LogP contribution in [0.4, 0.5) is 4.39 Å². The maximum atomic E-state index is 13.6. The fraction of sp³-hybridized carbons (Fsp3) is 0.533. The minimum absolute atomic E-state index is 0.0222. The van der Waals surface area contributed by atoms with Crippen LogP contribution < -0.4 is 10.5 Å². The van der Waals surface area contributed by atoms with Gasteiger partial charge in [-0.15, -0.1) is 0 Å². The van der Waals surface area contributed by atoms with E-state index in [2.05, 4.69) is 22.9 Å². The van der Waals surface area contributed by atoms with Crippen LogP contribution in [0.2, 0.25) is 0 Å². The Morgan fingerprint density at radius 3 is 2.95 bits per heavy atom. The lowest BCUT2D eigenvalue weighted by Gasteiger charge is -2.22. The third-order valence-electron chi connectivity index (χ3n) is 3.87. The van der Waals surface area contributed by atoms with Crippen molar-refractivity contribution in [3.8, 4) is 5.75 Å². The van der Waals surface area contributed by atoms with Crippen LogP contribution in [0.25, 0.3) is 0 Å². The maximum Gasteiger partial charge on any atom is 0.226 e. The highest BCUT2D eigenvalue weighted by atomic mass is 79.9. The Labute approximate surface area is 132 Å². The van der Waals surface area contributed by atoms with Gasteiger partial charge in [0.05, 0.1) is 13.0 Å². The topological polar surface area (TPSA) is 55.6 Å². The Morgan fingerprint density at radius 1 is 1.57 bits per heavy atom. The molecule has 0 aromatic heterocycles. The molecule has 1 amide bonds. The van der Waals surface area contributed by atoms with Crippen molar-refractivity contribution in [3.63, 3.8) is 0 Å². The zero-order valence-corrected chi connectivity index (χ0v) is 13.7. The number of hydrogen-bond donors (Lipinski definition) is 1. The number of likely N-dealkylation sites (tertiary alicyclic amines) is 1. The molecule has 1 saturated heterocycles. The molecular weight excluding hydrogens is 339 g/mol. The average Bonchev–Trinajstić information content (AvgIpc) is 2.85. The number of benzene rings is 1. The summed E-state index contributed by atoms with van der Waals surface area (Å²) >= 11 is 3.18. The van der Waals surface area contributed by atoms with Crippen LogP contribution in [0.3, 0.4) is 0 Å². The lowest BCUT2D eigenvalue weighted by atomic mass is 9.90. The Kier molecular flexibility index (Phi) is 5.22. The van der Waals surface area contributed by atoms with Gasteiger partial charge in [-0.2, -0.15) is 0 Å². The molecule has 1 unspecified atom stereocenters.